The molecule has 0 saturated carbocycles. The van der Waals surface area contributed by atoms with Gasteiger partial charge in [-0.1, -0.05) is 0 Å². The van der Waals surface area contributed by atoms with Crippen molar-refractivity contribution in [2.24, 2.45) is 0 Å². The van der Waals surface area contributed by atoms with E-state index in [-0.39, 0.29) is 6.10 Å². The smallest absolute Gasteiger partial charge is 0.379 e. The van der Waals surface area contributed by atoms with E-state index in [0.717, 1.165) is 6.61 Å². The van der Waals surface area contributed by atoms with Gasteiger partial charge < -0.3 is 9.47 Å². The average Bonchev–Trinajstić information content (AvgIpc) is 3.32. The lowest BCUT2D eigenvalue weighted by Crippen LogP contribution is -2.46. The Morgan fingerprint density at radius 2 is 1.48 bits per heavy atom. The van der Waals surface area contributed by atoms with Crippen molar-refractivity contribution in [2.75, 3.05) is 39.6 Å². The lowest BCUT2D eigenvalue weighted by atomic mass is 10.5. The van der Waals surface area contributed by atoms with Crippen LogP contribution in [0.2, 0.25) is 6.04 Å². The van der Waals surface area contributed by atoms with Crippen molar-refractivity contribution in [1.82, 2.24) is 0 Å². The summed E-state index contributed by atoms with van der Waals surface area (Å²) in [6.45, 7) is 8.47. The fourth-order valence-corrected chi connectivity index (χ4v) is 3.19. The van der Waals surface area contributed by atoms with Crippen molar-refractivity contribution >= 4 is 8.80 Å². The Balaban J connectivity index is 2.35. The van der Waals surface area contributed by atoms with Crippen LogP contribution in [0.1, 0.15) is 27.2 Å². The average molecular weight is 326 g/mol. The zero-order valence-corrected chi connectivity index (χ0v) is 14.0. The summed E-state index contributed by atoms with van der Waals surface area (Å²) >= 11 is 0. The largest absolute Gasteiger partial charge is 0.584 e. The van der Waals surface area contributed by atoms with Gasteiger partial charge in [-0.25, -0.2) is 28.4 Å². The third kappa shape index (κ3) is 8.81. The maximum absolute atomic E-state index is 5.47. The van der Waals surface area contributed by atoms with Crippen LogP contribution in [-0.4, -0.2) is 54.5 Å². The van der Waals surface area contributed by atoms with Crippen molar-refractivity contribution in [3.8, 4) is 0 Å². The van der Waals surface area contributed by atoms with Crippen LogP contribution in [0.15, 0.2) is 0 Å². The van der Waals surface area contributed by atoms with Crippen LogP contribution in [0, 0.1) is 0 Å². The molecule has 1 saturated heterocycles. The van der Waals surface area contributed by atoms with Crippen LogP contribution < -0.4 is 0 Å². The number of hydrogen-bond donors (Lipinski definition) is 0. The molecule has 0 aromatic heterocycles. The Labute approximate surface area is 126 Å². The van der Waals surface area contributed by atoms with E-state index in [1.807, 2.05) is 0 Å². The zero-order valence-electron chi connectivity index (χ0n) is 13.0. The molecule has 126 valence electrons. The summed E-state index contributed by atoms with van der Waals surface area (Å²) in [4.78, 5) is 15.0. The van der Waals surface area contributed by atoms with Gasteiger partial charge in [0.05, 0.1) is 33.0 Å². The molecule has 1 aliphatic rings. The molecule has 1 heterocycles. The topological polar surface area (TPSA) is 77.1 Å². The van der Waals surface area contributed by atoms with Gasteiger partial charge in [0, 0.05) is 12.7 Å². The molecular formula is C12H26O8Si. The van der Waals surface area contributed by atoms with E-state index in [1.54, 1.807) is 20.8 Å². The predicted octanol–water partition coefficient (Wildman–Crippen LogP) is 1.64. The summed E-state index contributed by atoms with van der Waals surface area (Å²) < 4.78 is 26.4. The van der Waals surface area contributed by atoms with Gasteiger partial charge in [0.2, 0.25) is 0 Å². The Bertz CT molecular complexity index is 230. The standard InChI is InChI=1S/C12H26O8Si/c1-4-15-18-21(19-16-5-2,20-17-6-3)9-7-8-13-10-12-11-14-12/h12H,4-11H2,1-3H3. The summed E-state index contributed by atoms with van der Waals surface area (Å²) in [6.07, 6.45) is 0.928. The van der Waals surface area contributed by atoms with Crippen LogP contribution in [0.3, 0.4) is 0 Å². The predicted molar refractivity (Wildman–Crippen MR) is 73.9 cm³/mol. The van der Waals surface area contributed by atoms with Gasteiger partial charge >= 0.3 is 8.80 Å². The molecule has 1 atom stereocenters. The molecular weight excluding hydrogens is 300 g/mol. The number of ether oxygens (including phenoxy) is 2. The Kier molecular flexibility index (Phi) is 10.3. The molecule has 0 spiro atoms. The van der Waals surface area contributed by atoms with Crippen molar-refractivity contribution in [2.45, 2.75) is 39.3 Å². The van der Waals surface area contributed by atoms with Gasteiger partial charge in [0.15, 0.2) is 0 Å². The number of rotatable bonds is 15. The van der Waals surface area contributed by atoms with Crippen LogP contribution in [-0.2, 0) is 37.9 Å². The fourth-order valence-electron chi connectivity index (χ4n) is 1.38. The van der Waals surface area contributed by atoms with Crippen LogP contribution in [0.5, 0.6) is 0 Å². The SMILES string of the molecule is CCOO[Si](CCCOCC1CO1)(OOCC)OOCC. The maximum Gasteiger partial charge on any atom is 0.584 e. The fraction of sp³-hybridized carbons (Fsp3) is 1.00. The molecule has 0 aliphatic carbocycles. The molecule has 1 aliphatic heterocycles. The first-order valence-electron chi connectivity index (χ1n) is 7.37. The van der Waals surface area contributed by atoms with E-state index in [9.17, 15) is 0 Å². The van der Waals surface area contributed by atoms with E-state index in [1.165, 1.54) is 0 Å². The second-order valence-electron chi connectivity index (χ2n) is 4.29. The van der Waals surface area contributed by atoms with Crippen LogP contribution in [0.4, 0.5) is 0 Å². The third-order valence-corrected chi connectivity index (χ3v) is 4.47. The molecule has 0 aromatic rings. The third-order valence-electron chi connectivity index (χ3n) is 2.39. The monoisotopic (exact) mass is 326 g/mol. The molecule has 0 N–H and O–H groups in total. The first-order chi connectivity index (χ1) is 10.3. The number of epoxide rings is 1. The molecule has 9 heteroatoms. The van der Waals surface area contributed by atoms with Crippen molar-refractivity contribution in [3.63, 3.8) is 0 Å². The first kappa shape index (κ1) is 18.9. The summed E-state index contributed by atoms with van der Waals surface area (Å²) in [5, 5.41) is 0. The summed E-state index contributed by atoms with van der Waals surface area (Å²) in [7, 11) is -3.20. The summed E-state index contributed by atoms with van der Waals surface area (Å²) in [5.74, 6) is 0. The van der Waals surface area contributed by atoms with Gasteiger partial charge in [0.1, 0.15) is 6.10 Å². The first-order valence-corrected chi connectivity index (χ1v) is 9.30. The highest BCUT2D eigenvalue weighted by molar-refractivity contribution is 6.59. The minimum absolute atomic E-state index is 0.256. The lowest BCUT2D eigenvalue weighted by Gasteiger charge is -2.25. The van der Waals surface area contributed by atoms with Crippen molar-refractivity contribution < 1.29 is 37.9 Å². The van der Waals surface area contributed by atoms with Crippen LogP contribution >= 0.6 is 0 Å². The minimum Gasteiger partial charge on any atom is -0.379 e. The van der Waals surface area contributed by atoms with Crippen molar-refractivity contribution in [1.29, 1.82) is 0 Å². The van der Waals surface area contributed by atoms with Crippen molar-refractivity contribution in [3.05, 3.63) is 0 Å². The lowest BCUT2D eigenvalue weighted by molar-refractivity contribution is -0.360. The Hall–Kier alpha value is -0.103. The number of hydrogen-bond acceptors (Lipinski definition) is 8. The molecule has 0 aromatic carbocycles. The summed E-state index contributed by atoms with van der Waals surface area (Å²) in [5.41, 5.74) is 0. The molecule has 1 fully saturated rings. The highest BCUT2D eigenvalue weighted by Gasteiger charge is 2.46. The Morgan fingerprint density at radius 3 is 1.90 bits per heavy atom. The second-order valence-corrected chi connectivity index (χ2v) is 6.65. The van der Waals surface area contributed by atoms with Crippen LogP contribution in [0.25, 0.3) is 0 Å². The van der Waals surface area contributed by atoms with Gasteiger partial charge in [-0.2, -0.15) is 0 Å². The molecule has 8 nitrogen and oxygen atoms in total. The highest BCUT2D eigenvalue weighted by Crippen LogP contribution is 2.20. The molecule has 0 radical (unpaired) electrons. The molecule has 1 rings (SSSR count). The minimum atomic E-state index is -3.20. The van der Waals surface area contributed by atoms with Gasteiger partial charge in [-0.05, 0) is 27.2 Å². The zero-order chi connectivity index (χ0) is 15.4. The highest BCUT2D eigenvalue weighted by atomic mass is 28.4. The molecule has 0 amide bonds. The van der Waals surface area contributed by atoms with E-state index < -0.39 is 8.80 Å². The molecule has 21 heavy (non-hydrogen) atoms. The Morgan fingerprint density at radius 1 is 0.952 bits per heavy atom. The van der Waals surface area contributed by atoms with Gasteiger partial charge in [-0.15, -0.1) is 0 Å². The normalized spacial score (nSPS) is 18.1. The molecule has 1 unspecified atom stereocenters. The van der Waals surface area contributed by atoms with E-state index in [4.69, 9.17) is 37.9 Å². The second kappa shape index (κ2) is 11.5. The summed E-state index contributed by atoms with van der Waals surface area (Å²) in [6, 6.07) is 0.457. The van der Waals surface area contributed by atoms with E-state index >= 15 is 0 Å². The van der Waals surface area contributed by atoms with Gasteiger partial charge in [-0.3, -0.25) is 0 Å². The quantitative estimate of drug-likeness (QED) is 0.148. The van der Waals surface area contributed by atoms with E-state index in [0.29, 0.717) is 45.5 Å². The van der Waals surface area contributed by atoms with Gasteiger partial charge in [0.25, 0.3) is 0 Å². The van der Waals surface area contributed by atoms with E-state index in [2.05, 4.69) is 0 Å². The molecule has 0 bridgehead atoms. The maximum atomic E-state index is 5.47.